The Balaban J connectivity index is 1.94. The monoisotopic (exact) mass is 411 g/mol. The lowest BCUT2D eigenvalue weighted by Crippen LogP contribution is -2.22. The summed E-state index contributed by atoms with van der Waals surface area (Å²) in [5, 5.41) is 10.5. The molecule has 144 valence electrons. The van der Waals surface area contributed by atoms with E-state index in [-0.39, 0.29) is 11.5 Å². The number of methoxy groups -OCH3 is 1. The predicted octanol–water partition coefficient (Wildman–Crippen LogP) is 4.59. The summed E-state index contributed by atoms with van der Waals surface area (Å²) in [5.41, 5.74) is 1.90. The molecule has 0 saturated carbocycles. The van der Waals surface area contributed by atoms with Crippen LogP contribution in [0, 0.1) is 17.2 Å². The van der Waals surface area contributed by atoms with Crippen molar-refractivity contribution in [3.63, 3.8) is 0 Å². The zero-order valence-electron chi connectivity index (χ0n) is 15.9. The Morgan fingerprint density at radius 2 is 2.21 bits per heavy atom. The predicted molar refractivity (Wildman–Crippen MR) is 114 cm³/mol. The topological polar surface area (TPSA) is 67.9 Å². The standard InChI is InChI=1S/C21H21N3O2S2/c1-13(11-22)12-27-21-23-19-18(16-8-3-4-9-17(16)28-19)20(25)24(21)14-6-5-7-15(10-14)26-2/h5-7,10,13H,3-4,8-9,12H2,1-2H3/t13-/m1/s1. The van der Waals surface area contributed by atoms with Gasteiger partial charge in [-0.25, -0.2) is 4.98 Å². The minimum atomic E-state index is -0.118. The molecule has 0 radical (unpaired) electrons. The van der Waals surface area contributed by atoms with Crippen LogP contribution in [0.15, 0.2) is 34.2 Å². The zero-order chi connectivity index (χ0) is 19.7. The quantitative estimate of drug-likeness (QED) is 0.454. The molecule has 0 fully saturated rings. The van der Waals surface area contributed by atoms with Crippen LogP contribution in [0.25, 0.3) is 15.9 Å². The molecule has 3 aromatic rings. The van der Waals surface area contributed by atoms with Gasteiger partial charge in [-0.2, -0.15) is 5.26 Å². The lowest BCUT2D eigenvalue weighted by Gasteiger charge is -2.14. The third-order valence-electron chi connectivity index (χ3n) is 4.95. The maximum absolute atomic E-state index is 13.6. The van der Waals surface area contributed by atoms with Crippen molar-refractivity contribution in [2.45, 2.75) is 37.8 Å². The molecule has 2 heterocycles. The van der Waals surface area contributed by atoms with Crippen molar-refractivity contribution in [3.05, 3.63) is 45.1 Å². The summed E-state index contributed by atoms with van der Waals surface area (Å²) in [7, 11) is 1.61. The van der Waals surface area contributed by atoms with Crippen molar-refractivity contribution >= 4 is 33.3 Å². The van der Waals surface area contributed by atoms with E-state index in [1.165, 1.54) is 28.6 Å². The maximum atomic E-state index is 13.6. The van der Waals surface area contributed by atoms with Gasteiger partial charge in [0, 0.05) is 16.7 Å². The maximum Gasteiger partial charge on any atom is 0.267 e. The fourth-order valence-corrected chi connectivity index (χ4v) is 5.75. The Hall–Kier alpha value is -2.30. The SMILES string of the molecule is COc1cccc(-n2c(SC[C@H](C)C#N)nc3sc4c(c3c2=O)CCCC4)c1. The fraction of sp³-hybridized carbons (Fsp3) is 0.381. The van der Waals surface area contributed by atoms with Gasteiger partial charge in [0.15, 0.2) is 5.16 Å². The van der Waals surface area contributed by atoms with E-state index in [2.05, 4.69) is 6.07 Å². The van der Waals surface area contributed by atoms with Crippen LogP contribution in [0.4, 0.5) is 0 Å². The van der Waals surface area contributed by atoms with E-state index < -0.39 is 0 Å². The second-order valence-electron chi connectivity index (χ2n) is 6.97. The molecule has 1 aliphatic rings. The van der Waals surface area contributed by atoms with Crippen LogP contribution < -0.4 is 10.3 Å². The molecule has 1 aliphatic carbocycles. The highest BCUT2D eigenvalue weighted by molar-refractivity contribution is 7.99. The third kappa shape index (κ3) is 3.43. The number of benzene rings is 1. The largest absolute Gasteiger partial charge is 0.497 e. The molecule has 4 rings (SSSR count). The molecule has 5 nitrogen and oxygen atoms in total. The molecule has 1 atom stereocenters. The smallest absolute Gasteiger partial charge is 0.267 e. The number of nitriles is 1. The molecule has 7 heteroatoms. The van der Waals surface area contributed by atoms with Gasteiger partial charge in [0.2, 0.25) is 0 Å². The van der Waals surface area contributed by atoms with Gasteiger partial charge in [-0.05, 0) is 50.3 Å². The number of aromatic nitrogens is 2. The molecule has 0 saturated heterocycles. The van der Waals surface area contributed by atoms with Crippen LogP contribution in [0.5, 0.6) is 5.75 Å². The minimum absolute atomic E-state index is 0.0234. The number of aryl methyl sites for hydroxylation is 2. The van der Waals surface area contributed by atoms with Gasteiger partial charge in [0.1, 0.15) is 10.6 Å². The number of rotatable bonds is 5. The number of thiophene rings is 1. The number of nitrogens with zero attached hydrogens (tertiary/aromatic N) is 3. The number of hydrogen-bond donors (Lipinski definition) is 0. The Morgan fingerprint density at radius 1 is 1.39 bits per heavy atom. The van der Waals surface area contributed by atoms with Crippen LogP contribution in [0.1, 0.15) is 30.2 Å². The highest BCUT2D eigenvalue weighted by Gasteiger charge is 2.23. The van der Waals surface area contributed by atoms with E-state index in [9.17, 15) is 4.79 Å². The number of ether oxygens (including phenoxy) is 1. The van der Waals surface area contributed by atoms with Gasteiger partial charge in [0.25, 0.3) is 5.56 Å². The van der Waals surface area contributed by atoms with Gasteiger partial charge >= 0.3 is 0 Å². The summed E-state index contributed by atoms with van der Waals surface area (Å²) in [6.45, 7) is 1.88. The average Bonchev–Trinajstić information content (AvgIpc) is 3.10. The molecule has 0 aliphatic heterocycles. The molecule has 28 heavy (non-hydrogen) atoms. The Labute approximate surface area is 172 Å². The first kappa shape index (κ1) is 19.0. The van der Waals surface area contributed by atoms with Crippen LogP contribution in [0.2, 0.25) is 0 Å². The van der Waals surface area contributed by atoms with E-state index in [0.29, 0.717) is 16.7 Å². The van der Waals surface area contributed by atoms with Gasteiger partial charge in [0.05, 0.1) is 30.2 Å². The first-order chi connectivity index (χ1) is 13.6. The molecular formula is C21H21N3O2S2. The molecule has 0 N–H and O–H groups in total. The lowest BCUT2D eigenvalue weighted by atomic mass is 9.97. The molecule has 0 unspecified atom stereocenters. The van der Waals surface area contributed by atoms with Crippen molar-refractivity contribution in [2.75, 3.05) is 12.9 Å². The first-order valence-corrected chi connectivity index (χ1v) is 11.2. The molecule has 2 aromatic heterocycles. The number of fused-ring (bicyclic) bond motifs is 3. The van der Waals surface area contributed by atoms with Crippen LogP contribution in [-0.4, -0.2) is 22.4 Å². The Kier molecular flexibility index (Phi) is 5.42. The Morgan fingerprint density at radius 3 is 3.00 bits per heavy atom. The van der Waals surface area contributed by atoms with E-state index in [0.717, 1.165) is 35.2 Å². The summed E-state index contributed by atoms with van der Waals surface area (Å²) in [4.78, 5) is 20.6. The second kappa shape index (κ2) is 7.98. The van der Waals surface area contributed by atoms with Crippen molar-refractivity contribution in [2.24, 2.45) is 5.92 Å². The number of hydrogen-bond acceptors (Lipinski definition) is 6. The lowest BCUT2D eigenvalue weighted by molar-refractivity contribution is 0.414. The van der Waals surface area contributed by atoms with Crippen molar-refractivity contribution in [3.8, 4) is 17.5 Å². The van der Waals surface area contributed by atoms with Gasteiger partial charge < -0.3 is 4.74 Å². The Bertz CT molecular complexity index is 1130. The molecule has 0 spiro atoms. The van der Waals surface area contributed by atoms with Gasteiger partial charge in [-0.1, -0.05) is 17.8 Å². The second-order valence-corrected chi connectivity index (χ2v) is 9.04. The van der Waals surface area contributed by atoms with E-state index in [4.69, 9.17) is 15.0 Å². The van der Waals surface area contributed by atoms with E-state index in [1.807, 2.05) is 31.2 Å². The average molecular weight is 412 g/mol. The minimum Gasteiger partial charge on any atom is -0.497 e. The highest BCUT2D eigenvalue weighted by atomic mass is 32.2. The molecule has 0 bridgehead atoms. The van der Waals surface area contributed by atoms with Crippen molar-refractivity contribution < 1.29 is 4.74 Å². The van der Waals surface area contributed by atoms with Crippen LogP contribution in [0.3, 0.4) is 0 Å². The van der Waals surface area contributed by atoms with Gasteiger partial charge in [-0.15, -0.1) is 11.3 Å². The van der Waals surface area contributed by atoms with Crippen LogP contribution >= 0.6 is 23.1 Å². The normalized spacial score (nSPS) is 14.5. The van der Waals surface area contributed by atoms with Gasteiger partial charge in [-0.3, -0.25) is 9.36 Å². The van der Waals surface area contributed by atoms with E-state index in [1.54, 1.807) is 23.0 Å². The molecule has 0 amide bonds. The highest BCUT2D eigenvalue weighted by Crippen LogP contribution is 2.35. The molecular weight excluding hydrogens is 390 g/mol. The number of thioether (sulfide) groups is 1. The van der Waals surface area contributed by atoms with E-state index >= 15 is 0 Å². The zero-order valence-corrected chi connectivity index (χ0v) is 17.5. The first-order valence-electron chi connectivity index (χ1n) is 9.36. The summed E-state index contributed by atoms with van der Waals surface area (Å²) >= 11 is 3.11. The van der Waals surface area contributed by atoms with Crippen LogP contribution in [-0.2, 0) is 12.8 Å². The molecule has 1 aromatic carbocycles. The van der Waals surface area contributed by atoms with Crippen molar-refractivity contribution in [1.82, 2.24) is 9.55 Å². The summed E-state index contributed by atoms with van der Waals surface area (Å²) in [6.07, 6.45) is 4.27. The summed E-state index contributed by atoms with van der Waals surface area (Å²) in [5.74, 6) is 1.16. The summed E-state index contributed by atoms with van der Waals surface area (Å²) in [6, 6.07) is 9.73. The summed E-state index contributed by atoms with van der Waals surface area (Å²) < 4.78 is 7.03. The van der Waals surface area contributed by atoms with Crippen molar-refractivity contribution in [1.29, 1.82) is 5.26 Å². The fourth-order valence-electron chi connectivity index (χ4n) is 3.50. The third-order valence-corrected chi connectivity index (χ3v) is 7.34.